The number of nitrogens with one attached hydrogen (secondary N) is 3. The highest BCUT2D eigenvalue weighted by Crippen LogP contribution is 2.30. The summed E-state index contributed by atoms with van der Waals surface area (Å²) in [5.74, 6) is 0. The SMILES string of the molecule is O=C(Nc1ccc(C(F)(F)F)cc1)Nc1ccccc1NS(=O)(=O)c1ccc([N+](=O)[O-])cc1. The maximum Gasteiger partial charge on any atom is 0.416 e. The number of hydrogen-bond donors (Lipinski definition) is 3. The van der Waals surface area contributed by atoms with Crippen LogP contribution in [0.15, 0.2) is 77.7 Å². The van der Waals surface area contributed by atoms with Crippen molar-refractivity contribution >= 4 is 38.8 Å². The average Bonchev–Trinajstić information content (AvgIpc) is 2.75. The van der Waals surface area contributed by atoms with Crippen LogP contribution in [0.5, 0.6) is 0 Å². The van der Waals surface area contributed by atoms with Crippen molar-refractivity contribution in [2.75, 3.05) is 15.4 Å². The van der Waals surface area contributed by atoms with E-state index in [0.717, 1.165) is 48.5 Å². The molecule has 0 aliphatic carbocycles. The van der Waals surface area contributed by atoms with Crippen molar-refractivity contribution < 1.29 is 31.3 Å². The van der Waals surface area contributed by atoms with Gasteiger partial charge in [-0.25, -0.2) is 13.2 Å². The van der Waals surface area contributed by atoms with Gasteiger partial charge in [0.15, 0.2) is 0 Å². The van der Waals surface area contributed by atoms with Gasteiger partial charge in [0.2, 0.25) is 0 Å². The van der Waals surface area contributed by atoms with Gasteiger partial charge in [0.05, 0.1) is 26.8 Å². The number of nitro benzene ring substituents is 1. The summed E-state index contributed by atoms with van der Waals surface area (Å²) in [6, 6.07) is 13.0. The number of alkyl halides is 3. The fourth-order valence-corrected chi connectivity index (χ4v) is 3.74. The summed E-state index contributed by atoms with van der Waals surface area (Å²) in [6.07, 6.45) is -4.51. The zero-order valence-corrected chi connectivity index (χ0v) is 17.3. The van der Waals surface area contributed by atoms with Crippen LogP contribution in [0, 0.1) is 10.1 Å². The molecule has 13 heteroatoms. The lowest BCUT2D eigenvalue weighted by Gasteiger charge is -2.14. The minimum atomic E-state index is -4.51. The number of nitrogens with zero attached hydrogens (tertiary/aromatic N) is 1. The second-order valence-electron chi connectivity index (χ2n) is 6.56. The first-order chi connectivity index (χ1) is 15.5. The van der Waals surface area contributed by atoms with E-state index in [-0.39, 0.29) is 27.6 Å². The van der Waals surface area contributed by atoms with Gasteiger partial charge in [-0.1, -0.05) is 12.1 Å². The van der Waals surface area contributed by atoms with Crippen molar-refractivity contribution in [3.05, 3.63) is 88.5 Å². The number of sulfonamides is 1. The average molecular weight is 480 g/mol. The summed E-state index contributed by atoms with van der Waals surface area (Å²) in [4.78, 5) is 22.1. The van der Waals surface area contributed by atoms with Crippen molar-refractivity contribution in [1.29, 1.82) is 0 Å². The maximum atomic E-state index is 12.6. The first-order valence-electron chi connectivity index (χ1n) is 9.07. The molecular weight excluding hydrogens is 465 g/mol. The van der Waals surface area contributed by atoms with Crippen LogP contribution in [-0.4, -0.2) is 19.4 Å². The summed E-state index contributed by atoms with van der Waals surface area (Å²) >= 11 is 0. The molecule has 0 fully saturated rings. The highest BCUT2D eigenvalue weighted by Gasteiger charge is 2.30. The van der Waals surface area contributed by atoms with Gasteiger partial charge in [0.25, 0.3) is 15.7 Å². The van der Waals surface area contributed by atoms with Crippen LogP contribution < -0.4 is 15.4 Å². The van der Waals surface area contributed by atoms with E-state index in [2.05, 4.69) is 15.4 Å². The Morgan fingerprint density at radius 1 is 0.848 bits per heavy atom. The number of halogens is 3. The predicted molar refractivity (Wildman–Crippen MR) is 114 cm³/mol. The van der Waals surface area contributed by atoms with Crippen molar-refractivity contribution in [1.82, 2.24) is 0 Å². The van der Waals surface area contributed by atoms with Gasteiger partial charge < -0.3 is 10.6 Å². The molecule has 3 rings (SSSR count). The molecule has 33 heavy (non-hydrogen) atoms. The Kier molecular flexibility index (Phi) is 6.53. The Labute approximate surface area is 185 Å². The summed E-state index contributed by atoms with van der Waals surface area (Å²) in [6.45, 7) is 0. The standard InChI is InChI=1S/C20H15F3N4O5S/c21-20(22,23)13-5-7-14(8-6-13)24-19(28)25-17-3-1-2-4-18(17)26-33(31,32)16-11-9-15(10-12-16)27(29)30/h1-12,26H,(H2,24,25,28). The molecule has 0 heterocycles. The summed E-state index contributed by atoms with van der Waals surface area (Å²) in [5.41, 5.74) is -1.01. The molecule has 3 aromatic rings. The van der Waals surface area contributed by atoms with Crippen molar-refractivity contribution in [2.24, 2.45) is 0 Å². The second-order valence-corrected chi connectivity index (χ2v) is 8.24. The number of anilines is 3. The van der Waals surface area contributed by atoms with E-state index in [9.17, 15) is 36.5 Å². The highest BCUT2D eigenvalue weighted by atomic mass is 32.2. The molecule has 0 unspecified atom stereocenters. The molecule has 9 nitrogen and oxygen atoms in total. The topological polar surface area (TPSA) is 130 Å². The van der Waals surface area contributed by atoms with Gasteiger partial charge in [-0.15, -0.1) is 0 Å². The van der Waals surface area contributed by atoms with E-state index in [1.165, 1.54) is 24.3 Å². The minimum Gasteiger partial charge on any atom is -0.308 e. The number of nitro groups is 1. The zero-order chi connectivity index (χ0) is 24.2. The fourth-order valence-electron chi connectivity index (χ4n) is 2.66. The van der Waals surface area contributed by atoms with Crippen LogP contribution in [0.25, 0.3) is 0 Å². The largest absolute Gasteiger partial charge is 0.416 e. The number of hydrogen-bond acceptors (Lipinski definition) is 5. The molecule has 0 saturated carbocycles. The number of amides is 2. The first kappa shape index (κ1) is 23.5. The smallest absolute Gasteiger partial charge is 0.308 e. The zero-order valence-electron chi connectivity index (χ0n) is 16.5. The molecule has 0 aliphatic rings. The van der Waals surface area contributed by atoms with Gasteiger partial charge in [-0.3, -0.25) is 14.8 Å². The summed E-state index contributed by atoms with van der Waals surface area (Å²) in [5, 5.41) is 15.5. The number of carbonyl (C=O) groups excluding carboxylic acids is 1. The number of para-hydroxylation sites is 2. The molecule has 0 bridgehead atoms. The van der Waals surface area contributed by atoms with Crippen LogP contribution in [0.2, 0.25) is 0 Å². The Balaban J connectivity index is 1.73. The highest BCUT2D eigenvalue weighted by molar-refractivity contribution is 7.92. The Morgan fingerprint density at radius 3 is 1.97 bits per heavy atom. The molecule has 0 atom stereocenters. The van der Waals surface area contributed by atoms with Crippen LogP contribution in [0.3, 0.4) is 0 Å². The molecule has 2 amide bonds. The Morgan fingerprint density at radius 2 is 1.42 bits per heavy atom. The Hall–Kier alpha value is -4.13. The van der Waals surface area contributed by atoms with Crippen LogP contribution >= 0.6 is 0 Å². The maximum absolute atomic E-state index is 12.6. The van der Waals surface area contributed by atoms with E-state index in [4.69, 9.17) is 0 Å². The van der Waals surface area contributed by atoms with Crippen molar-refractivity contribution in [2.45, 2.75) is 11.1 Å². The van der Waals surface area contributed by atoms with E-state index < -0.39 is 32.7 Å². The first-order valence-corrected chi connectivity index (χ1v) is 10.6. The Bertz CT molecular complexity index is 1280. The van der Waals surface area contributed by atoms with Crippen molar-refractivity contribution in [3.8, 4) is 0 Å². The number of carbonyl (C=O) groups is 1. The molecule has 0 aromatic heterocycles. The molecule has 172 valence electrons. The third kappa shape index (κ3) is 5.98. The third-order valence-corrected chi connectivity index (χ3v) is 5.63. The van der Waals surface area contributed by atoms with Gasteiger partial charge in [0, 0.05) is 17.8 Å². The molecule has 0 spiro atoms. The summed E-state index contributed by atoms with van der Waals surface area (Å²) < 4.78 is 65.5. The molecule has 3 aromatic carbocycles. The second kappa shape index (κ2) is 9.16. The van der Waals surface area contributed by atoms with E-state index in [1.54, 1.807) is 0 Å². The normalized spacial score (nSPS) is 11.5. The predicted octanol–water partition coefficient (Wildman–Crippen LogP) is 5.06. The number of benzene rings is 3. The van der Waals surface area contributed by atoms with Crippen molar-refractivity contribution in [3.63, 3.8) is 0 Å². The lowest BCUT2D eigenvalue weighted by Crippen LogP contribution is -2.21. The molecular formula is C20H15F3N4O5S. The van der Waals surface area contributed by atoms with E-state index >= 15 is 0 Å². The number of rotatable bonds is 6. The molecule has 3 N–H and O–H groups in total. The lowest BCUT2D eigenvalue weighted by molar-refractivity contribution is -0.384. The minimum absolute atomic E-state index is 0.00146. The molecule has 0 radical (unpaired) electrons. The van der Waals surface area contributed by atoms with Gasteiger partial charge in [0.1, 0.15) is 0 Å². The van der Waals surface area contributed by atoms with Crippen LogP contribution in [0.4, 0.5) is 40.7 Å². The molecule has 0 aliphatic heterocycles. The fraction of sp³-hybridized carbons (Fsp3) is 0.0500. The van der Waals surface area contributed by atoms with E-state index in [0.29, 0.717) is 0 Å². The quantitative estimate of drug-likeness (QED) is 0.335. The van der Waals surface area contributed by atoms with Gasteiger partial charge in [-0.05, 0) is 48.5 Å². The third-order valence-electron chi connectivity index (χ3n) is 4.25. The number of urea groups is 1. The number of non-ortho nitro benzene ring substituents is 1. The molecule has 0 saturated heterocycles. The monoisotopic (exact) mass is 480 g/mol. The van der Waals surface area contributed by atoms with Crippen LogP contribution in [0.1, 0.15) is 5.56 Å². The van der Waals surface area contributed by atoms with Crippen LogP contribution in [-0.2, 0) is 16.2 Å². The van der Waals surface area contributed by atoms with Gasteiger partial charge in [-0.2, -0.15) is 13.2 Å². The lowest BCUT2D eigenvalue weighted by atomic mass is 10.2. The van der Waals surface area contributed by atoms with Gasteiger partial charge >= 0.3 is 12.2 Å². The summed E-state index contributed by atoms with van der Waals surface area (Å²) in [7, 11) is -4.14. The van der Waals surface area contributed by atoms with E-state index in [1.807, 2.05) is 0 Å².